The summed E-state index contributed by atoms with van der Waals surface area (Å²) in [6, 6.07) is 15.5. The maximum atomic E-state index is 10.4. The van der Waals surface area contributed by atoms with Crippen LogP contribution in [0, 0.1) is 0 Å². The number of aromatic hydroxyl groups is 1. The molecule has 0 radical (unpaired) electrons. The van der Waals surface area contributed by atoms with Crippen LogP contribution < -0.4 is 9.64 Å². The van der Waals surface area contributed by atoms with Crippen LogP contribution in [0.1, 0.15) is 25.3 Å². The number of ether oxygens (including phenoxy) is 1. The molecule has 0 spiro atoms. The van der Waals surface area contributed by atoms with E-state index in [0.29, 0.717) is 24.8 Å². The molecule has 0 saturated carbocycles. The quantitative estimate of drug-likeness (QED) is 0.784. The lowest BCUT2D eigenvalue weighted by molar-refractivity contribution is 0.0658. The van der Waals surface area contributed by atoms with Crippen LogP contribution in [-0.4, -0.2) is 60.5 Å². The topological polar surface area (TPSA) is 56.2 Å². The van der Waals surface area contributed by atoms with Crippen LogP contribution in [-0.2, 0) is 0 Å². The van der Waals surface area contributed by atoms with E-state index in [2.05, 4.69) is 29.7 Å². The molecule has 1 saturated heterocycles. The molecule has 27 heavy (non-hydrogen) atoms. The van der Waals surface area contributed by atoms with Gasteiger partial charge >= 0.3 is 0 Å². The molecule has 2 aromatic carbocycles. The van der Waals surface area contributed by atoms with Gasteiger partial charge in [0.1, 0.15) is 24.2 Å². The fraction of sp³-hybridized carbons (Fsp3) is 0.455. The van der Waals surface area contributed by atoms with Crippen LogP contribution in [0.25, 0.3) is 0 Å². The van der Waals surface area contributed by atoms with Gasteiger partial charge in [0.2, 0.25) is 0 Å². The first-order chi connectivity index (χ1) is 13.0. The van der Waals surface area contributed by atoms with Gasteiger partial charge < -0.3 is 19.8 Å². The summed E-state index contributed by atoms with van der Waals surface area (Å²) in [5.74, 6) is 1.57. The highest BCUT2D eigenvalue weighted by molar-refractivity contribution is 5.57. The van der Waals surface area contributed by atoms with Crippen molar-refractivity contribution in [2.45, 2.75) is 25.9 Å². The van der Waals surface area contributed by atoms with Crippen LogP contribution in [0.3, 0.4) is 0 Å². The van der Waals surface area contributed by atoms with Gasteiger partial charge in [0.05, 0.1) is 5.69 Å². The molecule has 1 unspecified atom stereocenters. The van der Waals surface area contributed by atoms with Gasteiger partial charge in [-0.2, -0.15) is 0 Å². The van der Waals surface area contributed by atoms with Crippen molar-refractivity contribution in [1.82, 2.24) is 4.90 Å². The van der Waals surface area contributed by atoms with E-state index in [1.165, 1.54) is 5.56 Å². The Balaban J connectivity index is 1.46. The Morgan fingerprint density at radius 2 is 1.63 bits per heavy atom. The van der Waals surface area contributed by atoms with E-state index in [0.717, 1.165) is 37.6 Å². The molecule has 0 aliphatic carbocycles. The number of β-amino-alcohol motifs (C(OH)–C–C–N with tert-alkyl or cyclic N) is 1. The van der Waals surface area contributed by atoms with Crippen LogP contribution in [0.5, 0.6) is 11.5 Å². The predicted molar refractivity (Wildman–Crippen MR) is 109 cm³/mol. The second kappa shape index (κ2) is 9.11. The van der Waals surface area contributed by atoms with E-state index in [4.69, 9.17) is 4.74 Å². The molecule has 5 nitrogen and oxygen atoms in total. The van der Waals surface area contributed by atoms with E-state index in [1.54, 1.807) is 6.07 Å². The van der Waals surface area contributed by atoms with Crippen LogP contribution >= 0.6 is 0 Å². The highest BCUT2D eigenvalue weighted by atomic mass is 16.5. The van der Waals surface area contributed by atoms with Crippen molar-refractivity contribution in [3.05, 3.63) is 54.1 Å². The number of phenols is 1. The largest absolute Gasteiger partial charge is 0.506 e. The van der Waals surface area contributed by atoms with E-state index in [-0.39, 0.29) is 0 Å². The van der Waals surface area contributed by atoms with E-state index >= 15 is 0 Å². The maximum absolute atomic E-state index is 10.4. The van der Waals surface area contributed by atoms with Gasteiger partial charge in [0, 0.05) is 32.7 Å². The number of aliphatic hydroxyl groups is 1. The first-order valence-electron chi connectivity index (χ1n) is 9.69. The minimum Gasteiger partial charge on any atom is -0.506 e. The average molecular weight is 370 g/mol. The van der Waals surface area contributed by atoms with Crippen molar-refractivity contribution in [3.8, 4) is 11.5 Å². The summed E-state index contributed by atoms with van der Waals surface area (Å²) in [5, 5.41) is 20.4. The minimum atomic E-state index is -0.526. The lowest BCUT2D eigenvalue weighted by atomic mass is 10.0. The molecule has 1 aliphatic heterocycles. The molecule has 3 rings (SSSR count). The Kier molecular flexibility index (Phi) is 6.58. The summed E-state index contributed by atoms with van der Waals surface area (Å²) in [5.41, 5.74) is 2.05. The third-order valence-electron chi connectivity index (χ3n) is 5.04. The lowest BCUT2D eigenvalue weighted by Crippen LogP contribution is -2.49. The second-order valence-electron chi connectivity index (χ2n) is 7.43. The van der Waals surface area contributed by atoms with Crippen molar-refractivity contribution in [2.75, 3.05) is 44.2 Å². The lowest BCUT2D eigenvalue weighted by Gasteiger charge is -2.37. The number of para-hydroxylation sites is 3. The molecule has 0 aromatic heterocycles. The summed E-state index contributed by atoms with van der Waals surface area (Å²) in [4.78, 5) is 4.44. The van der Waals surface area contributed by atoms with E-state index in [1.807, 2.05) is 36.4 Å². The predicted octanol–water partition coefficient (Wildman–Crippen LogP) is 3.08. The standard InChI is InChI=1S/C22H30N2O3/c1-17(2)19-7-3-6-10-22(19)27-16-18(25)15-23-11-13-24(14-12-23)20-8-4-5-9-21(20)26/h3-10,17-18,25-26H,11-16H2,1-2H3. The number of phenolic OH excluding ortho intramolecular Hbond substituents is 1. The summed E-state index contributed by atoms with van der Waals surface area (Å²) >= 11 is 0. The van der Waals surface area contributed by atoms with Crippen molar-refractivity contribution in [1.29, 1.82) is 0 Å². The zero-order valence-electron chi connectivity index (χ0n) is 16.2. The molecule has 1 fully saturated rings. The molecular weight excluding hydrogens is 340 g/mol. The molecule has 0 amide bonds. The number of hydrogen-bond donors (Lipinski definition) is 2. The van der Waals surface area contributed by atoms with Gasteiger partial charge in [0.25, 0.3) is 0 Å². The van der Waals surface area contributed by atoms with Gasteiger partial charge in [-0.25, -0.2) is 0 Å². The van der Waals surface area contributed by atoms with E-state index < -0.39 is 6.10 Å². The Labute approximate surface area is 161 Å². The first kappa shape index (κ1) is 19.5. The summed E-state index contributed by atoms with van der Waals surface area (Å²) in [7, 11) is 0. The zero-order chi connectivity index (χ0) is 19.2. The highest BCUT2D eigenvalue weighted by Crippen LogP contribution is 2.27. The van der Waals surface area contributed by atoms with E-state index in [9.17, 15) is 10.2 Å². The van der Waals surface area contributed by atoms with Crippen molar-refractivity contribution < 1.29 is 14.9 Å². The van der Waals surface area contributed by atoms with Crippen LogP contribution in [0.2, 0.25) is 0 Å². The number of nitrogens with zero attached hydrogens (tertiary/aromatic N) is 2. The zero-order valence-corrected chi connectivity index (χ0v) is 16.2. The van der Waals surface area contributed by atoms with Gasteiger partial charge in [-0.05, 0) is 29.7 Å². The Hall–Kier alpha value is -2.24. The molecule has 1 aliphatic rings. The number of piperazine rings is 1. The molecule has 1 atom stereocenters. The first-order valence-corrected chi connectivity index (χ1v) is 9.69. The molecule has 1 heterocycles. The van der Waals surface area contributed by atoms with Gasteiger partial charge in [0.15, 0.2) is 0 Å². The molecule has 2 N–H and O–H groups in total. The molecule has 5 heteroatoms. The third-order valence-corrected chi connectivity index (χ3v) is 5.04. The molecule has 146 valence electrons. The number of hydrogen-bond acceptors (Lipinski definition) is 5. The van der Waals surface area contributed by atoms with Gasteiger partial charge in [-0.1, -0.05) is 44.2 Å². The molecule has 2 aromatic rings. The summed E-state index contributed by atoms with van der Waals surface area (Å²) in [6.07, 6.45) is -0.526. The monoisotopic (exact) mass is 370 g/mol. The van der Waals surface area contributed by atoms with Crippen molar-refractivity contribution in [3.63, 3.8) is 0 Å². The third kappa shape index (κ3) is 5.15. The van der Waals surface area contributed by atoms with Crippen molar-refractivity contribution in [2.24, 2.45) is 0 Å². The molecule has 0 bridgehead atoms. The van der Waals surface area contributed by atoms with Crippen LogP contribution in [0.15, 0.2) is 48.5 Å². The Morgan fingerprint density at radius 1 is 0.963 bits per heavy atom. The van der Waals surface area contributed by atoms with Crippen LogP contribution in [0.4, 0.5) is 5.69 Å². The highest BCUT2D eigenvalue weighted by Gasteiger charge is 2.21. The number of aliphatic hydroxyl groups excluding tert-OH is 1. The van der Waals surface area contributed by atoms with Crippen molar-refractivity contribution >= 4 is 5.69 Å². The minimum absolute atomic E-state index is 0.295. The number of anilines is 1. The second-order valence-corrected chi connectivity index (χ2v) is 7.43. The normalized spacial score (nSPS) is 16.5. The van der Waals surface area contributed by atoms with Gasteiger partial charge in [-0.15, -0.1) is 0 Å². The average Bonchev–Trinajstić information content (AvgIpc) is 2.68. The maximum Gasteiger partial charge on any atom is 0.138 e. The number of rotatable bonds is 7. The number of benzene rings is 2. The molecular formula is C22H30N2O3. The van der Waals surface area contributed by atoms with Gasteiger partial charge in [-0.3, -0.25) is 4.90 Å². The fourth-order valence-electron chi connectivity index (χ4n) is 3.53. The summed E-state index contributed by atoms with van der Waals surface area (Å²) in [6.45, 7) is 8.55. The Bertz CT molecular complexity index is 727. The SMILES string of the molecule is CC(C)c1ccccc1OCC(O)CN1CCN(c2ccccc2O)CC1. The fourth-order valence-corrected chi connectivity index (χ4v) is 3.53. The summed E-state index contributed by atoms with van der Waals surface area (Å²) < 4.78 is 5.89. The Morgan fingerprint density at radius 3 is 2.33 bits per heavy atom. The smallest absolute Gasteiger partial charge is 0.138 e.